The van der Waals surface area contributed by atoms with E-state index in [4.69, 9.17) is 33.7 Å². The number of carbonyl (C=O) groups excluding carboxylic acids is 3. The van der Waals surface area contributed by atoms with Gasteiger partial charge in [-0.25, -0.2) is 4.79 Å². The topological polar surface area (TPSA) is 157 Å². The van der Waals surface area contributed by atoms with Gasteiger partial charge < -0.3 is 32.2 Å². The smallest absolute Gasteiger partial charge is 0.408 e. The highest BCUT2D eigenvalue weighted by Gasteiger charge is 2.25. The lowest BCUT2D eigenvalue weighted by atomic mass is 10.0. The van der Waals surface area contributed by atoms with E-state index in [1.807, 2.05) is 24.3 Å². The number of carbonyl (C=O) groups is 3. The quantitative estimate of drug-likeness (QED) is 0.294. The van der Waals surface area contributed by atoms with Crippen LogP contribution in [0.1, 0.15) is 31.9 Å². The highest BCUT2D eigenvalue weighted by molar-refractivity contribution is 6.21. The number of benzene rings is 2. The Labute approximate surface area is 236 Å². The first-order valence-corrected chi connectivity index (χ1v) is 12.0. The van der Waals surface area contributed by atoms with Crippen LogP contribution in [0.25, 0.3) is 0 Å². The molecule has 3 amide bonds. The van der Waals surface area contributed by atoms with Crippen molar-refractivity contribution in [2.75, 3.05) is 32.6 Å². The average molecular weight is 572 g/mol. The number of amides is 3. The highest BCUT2D eigenvalue weighted by Crippen LogP contribution is 2.12. The van der Waals surface area contributed by atoms with Gasteiger partial charge >= 0.3 is 6.09 Å². The molecule has 10 nitrogen and oxygen atoms in total. The van der Waals surface area contributed by atoms with E-state index in [0.29, 0.717) is 24.2 Å². The predicted molar refractivity (Wildman–Crippen MR) is 155 cm³/mol. The van der Waals surface area contributed by atoms with Crippen molar-refractivity contribution in [2.45, 2.75) is 51.3 Å². The van der Waals surface area contributed by atoms with Crippen molar-refractivity contribution in [2.24, 2.45) is 5.73 Å². The monoisotopic (exact) mass is 570 g/mol. The van der Waals surface area contributed by atoms with Gasteiger partial charge in [-0.1, -0.05) is 24.3 Å². The molecule has 2 aromatic rings. The summed E-state index contributed by atoms with van der Waals surface area (Å²) in [6.07, 6.45) is 0.166. The molecule has 2 rings (SSSR count). The Morgan fingerprint density at radius 2 is 1.39 bits per heavy atom. The van der Waals surface area contributed by atoms with Gasteiger partial charge in [0.1, 0.15) is 11.6 Å². The number of halogens is 2. The molecule has 2 aromatic carbocycles. The molecule has 0 fully saturated rings. The molecule has 0 unspecified atom stereocenters. The average Bonchev–Trinajstić information content (AvgIpc) is 2.76. The SMILES string of the molecule is CN(C)C(=O)[C@H](Cc1cccc(N)c1)NC(=O)OC(C)(C)C.CN(Cl)C(=O)[C@@H](N)Cc1cccc(N)c1.Cl. The Hall–Kier alpha value is -3.21. The Morgan fingerprint density at radius 3 is 1.79 bits per heavy atom. The number of hydrogen-bond acceptors (Lipinski definition) is 7. The number of nitrogens with zero attached hydrogens (tertiary/aromatic N) is 2. The molecule has 0 saturated carbocycles. The molecule has 0 spiro atoms. The van der Waals surface area contributed by atoms with Crippen molar-refractivity contribution >= 4 is 53.5 Å². The summed E-state index contributed by atoms with van der Waals surface area (Å²) in [4.78, 5) is 37.0. The molecule has 0 radical (unpaired) electrons. The van der Waals surface area contributed by atoms with Gasteiger partial charge in [-0.15, -0.1) is 12.4 Å². The molecule has 7 N–H and O–H groups in total. The molecule has 212 valence electrons. The summed E-state index contributed by atoms with van der Waals surface area (Å²) < 4.78 is 6.18. The predicted octanol–water partition coefficient (Wildman–Crippen LogP) is 2.97. The first kappa shape index (κ1) is 34.8. The second-order valence-electron chi connectivity index (χ2n) is 9.75. The Kier molecular flexibility index (Phi) is 14.6. The Bertz CT molecular complexity index is 1060. The number of nitrogens with two attached hydrogens (primary N) is 3. The molecule has 0 aliphatic rings. The number of hydrogen-bond donors (Lipinski definition) is 4. The third kappa shape index (κ3) is 13.4. The second kappa shape index (κ2) is 15.9. The first-order chi connectivity index (χ1) is 17.1. The summed E-state index contributed by atoms with van der Waals surface area (Å²) in [6.45, 7) is 5.31. The van der Waals surface area contributed by atoms with Crippen molar-refractivity contribution in [1.82, 2.24) is 14.6 Å². The zero-order valence-electron chi connectivity index (χ0n) is 22.7. The number of nitrogen functional groups attached to an aromatic ring is 2. The summed E-state index contributed by atoms with van der Waals surface area (Å²) >= 11 is 5.50. The van der Waals surface area contributed by atoms with Crippen LogP contribution in [-0.4, -0.2) is 66.1 Å². The van der Waals surface area contributed by atoms with E-state index in [9.17, 15) is 14.4 Å². The summed E-state index contributed by atoms with van der Waals surface area (Å²) in [6, 6.07) is 13.2. The lowest BCUT2D eigenvalue weighted by Crippen LogP contribution is -2.48. The van der Waals surface area contributed by atoms with Gasteiger partial charge in [0.15, 0.2) is 0 Å². The summed E-state index contributed by atoms with van der Waals surface area (Å²) in [5, 5.41) is 2.63. The molecule has 0 aliphatic heterocycles. The van der Waals surface area contributed by atoms with E-state index in [2.05, 4.69) is 5.32 Å². The maximum atomic E-state index is 12.3. The van der Waals surface area contributed by atoms with E-state index >= 15 is 0 Å². The molecule has 0 bridgehead atoms. The molecule has 0 aromatic heterocycles. The van der Waals surface area contributed by atoms with Gasteiger partial charge in [0.25, 0.3) is 5.91 Å². The highest BCUT2D eigenvalue weighted by atomic mass is 35.5. The number of nitrogens with one attached hydrogen (secondary N) is 1. The maximum absolute atomic E-state index is 12.3. The second-order valence-corrected chi connectivity index (χ2v) is 10.3. The van der Waals surface area contributed by atoms with Gasteiger partial charge in [0.05, 0.1) is 6.04 Å². The van der Waals surface area contributed by atoms with Crippen LogP contribution < -0.4 is 22.5 Å². The van der Waals surface area contributed by atoms with E-state index in [0.717, 1.165) is 15.5 Å². The maximum Gasteiger partial charge on any atom is 0.408 e. The third-order valence-corrected chi connectivity index (χ3v) is 5.01. The van der Waals surface area contributed by atoms with Crippen molar-refractivity contribution < 1.29 is 19.1 Å². The van der Waals surface area contributed by atoms with Crippen LogP contribution in [0.2, 0.25) is 0 Å². The van der Waals surface area contributed by atoms with Crippen LogP contribution in [0, 0.1) is 0 Å². The number of ether oxygens (including phenoxy) is 1. The summed E-state index contributed by atoms with van der Waals surface area (Å²) in [5.41, 5.74) is 19.5. The van der Waals surface area contributed by atoms with Gasteiger partial charge in [0, 0.05) is 50.7 Å². The zero-order valence-corrected chi connectivity index (χ0v) is 24.3. The van der Waals surface area contributed by atoms with Gasteiger partial charge in [-0.2, -0.15) is 0 Å². The van der Waals surface area contributed by atoms with Gasteiger partial charge in [0.2, 0.25) is 5.91 Å². The van der Waals surface area contributed by atoms with Crippen LogP contribution in [-0.2, 0) is 27.2 Å². The largest absolute Gasteiger partial charge is 0.444 e. The molecular weight excluding hydrogens is 531 g/mol. The van der Waals surface area contributed by atoms with Crippen molar-refractivity contribution in [1.29, 1.82) is 0 Å². The fourth-order valence-electron chi connectivity index (χ4n) is 3.21. The summed E-state index contributed by atoms with van der Waals surface area (Å²) in [5.74, 6) is -0.507. The molecule has 38 heavy (non-hydrogen) atoms. The molecule has 2 atom stereocenters. The lowest BCUT2D eigenvalue weighted by Gasteiger charge is -2.25. The number of rotatable bonds is 7. The number of alkyl carbamates (subject to hydrolysis) is 1. The minimum absolute atomic E-state index is 0. The van der Waals surface area contributed by atoms with E-state index in [1.54, 1.807) is 59.1 Å². The Morgan fingerprint density at radius 1 is 0.921 bits per heavy atom. The van der Waals surface area contributed by atoms with E-state index < -0.39 is 23.8 Å². The van der Waals surface area contributed by atoms with E-state index in [1.165, 1.54) is 11.9 Å². The van der Waals surface area contributed by atoms with Gasteiger partial charge in [-0.3, -0.25) is 14.0 Å². The normalized spacial score (nSPS) is 12.0. The fraction of sp³-hybridized carbons (Fsp3) is 0.423. The number of likely N-dealkylation sites (N-methyl/N-ethyl adjacent to an activating group) is 2. The van der Waals surface area contributed by atoms with Gasteiger partial charge in [-0.05, 0) is 62.6 Å². The molecule has 12 heteroatoms. The zero-order chi connectivity index (χ0) is 28.3. The van der Waals surface area contributed by atoms with Crippen LogP contribution in [0.3, 0.4) is 0 Å². The van der Waals surface area contributed by atoms with Crippen LogP contribution in [0.15, 0.2) is 48.5 Å². The Balaban J connectivity index is 0.000000750. The first-order valence-electron chi connectivity index (χ1n) is 11.7. The molecule has 0 heterocycles. The van der Waals surface area contributed by atoms with Crippen LogP contribution in [0.4, 0.5) is 16.2 Å². The molecule has 0 aliphatic carbocycles. The van der Waals surface area contributed by atoms with Crippen molar-refractivity contribution in [3.63, 3.8) is 0 Å². The van der Waals surface area contributed by atoms with Crippen molar-refractivity contribution in [3.8, 4) is 0 Å². The van der Waals surface area contributed by atoms with Crippen LogP contribution >= 0.6 is 24.2 Å². The third-order valence-electron chi connectivity index (χ3n) is 4.85. The minimum Gasteiger partial charge on any atom is -0.444 e. The minimum atomic E-state index is -0.702. The molecule has 0 saturated heterocycles. The lowest BCUT2D eigenvalue weighted by molar-refractivity contribution is -0.131. The standard InChI is InChI=1S/C16H25N3O3.C10H14ClN3O.ClH/c1-16(2,3)22-15(21)18-13(14(20)19(4)5)10-11-7-6-8-12(17)9-11;1-14(11)10(15)9(13)6-7-3-2-4-8(12)5-7;/h6-9,13H,10,17H2,1-5H3,(H,18,21);2-5,9H,6,12-13H2,1H3;1H/t13-;9-;/m00./s1. The number of anilines is 2. The van der Waals surface area contributed by atoms with E-state index in [-0.39, 0.29) is 24.2 Å². The van der Waals surface area contributed by atoms with Crippen LogP contribution in [0.5, 0.6) is 0 Å². The van der Waals surface area contributed by atoms with Crippen molar-refractivity contribution in [3.05, 3.63) is 59.7 Å². The molecular formula is C26H40Cl2N6O4. The summed E-state index contributed by atoms with van der Waals surface area (Å²) in [7, 11) is 4.75. The fourth-order valence-corrected chi connectivity index (χ4v) is 3.33.